The summed E-state index contributed by atoms with van der Waals surface area (Å²) < 4.78 is 11.3. The normalized spacial score (nSPS) is 14.0. The first kappa shape index (κ1) is 22.4. The van der Waals surface area contributed by atoms with Crippen molar-refractivity contribution in [3.63, 3.8) is 0 Å². The minimum absolute atomic E-state index is 0.0432. The summed E-state index contributed by atoms with van der Waals surface area (Å²) in [5.41, 5.74) is 2.16. The molecule has 0 saturated heterocycles. The first-order valence-corrected chi connectivity index (χ1v) is 11.1. The molecule has 1 heterocycles. The number of carbonyl (C=O) groups excluding carboxylic acids is 1. The van der Waals surface area contributed by atoms with Crippen LogP contribution in [0.2, 0.25) is 0 Å². The van der Waals surface area contributed by atoms with Crippen molar-refractivity contribution < 1.29 is 14.3 Å². The number of benzene rings is 1. The van der Waals surface area contributed by atoms with Gasteiger partial charge in [-0.2, -0.15) is 10.5 Å². The fourth-order valence-electron chi connectivity index (χ4n) is 3.43. The summed E-state index contributed by atoms with van der Waals surface area (Å²) in [4.78, 5) is 13.9. The number of hydrogen-bond acceptors (Lipinski definition) is 6. The van der Waals surface area contributed by atoms with E-state index < -0.39 is 5.91 Å². The van der Waals surface area contributed by atoms with Crippen LogP contribution in [-0.4, -0.2) is 19.1 Å². The largest absolute Gasteiger partial charge is 0.493 e. The third kappa shape index (κ3) is 5.07. The second kappa shape index (κ2) is 10.1. The van der Waals surface area contributed by atoms with Crippen molar-refractivity contribution >= 4 is 28.3 Å². The zero-order valence-corrected chi connectivity index (χ0v) is 18.8. The number of aryl methyl sites for hydroxylation is 1. The van der Waals surface area contributed by atoms with Gasteiger partial charge in [0.2, 0.25) is 0 Å². The smallest absolute Gasteiger partial charge is 0.266 e. The van der Waals surface area contributed by atoms with Gasteiger partial charge in [-0.1, -0.05) is 13.0 Å². The summed E-state index contributed by atoms with van der Waals surface area (Å²) in [7, 11) is 1.55. The minimum Gasteiger partial charge on any atom is -0.493 e. The molecule has 2 aromatic rings. The molecule has 0 bridgehead atoms. The topological polar surface area (TPSA) is 95.1 Å². The first-order chi connectivity index (χ1) is 15.0. The van der Waals surface area contributed by atoms with Gasteiger partial charge in [0, 0.05) is 4.88 Å². The van der Waals surface area contributed by atoms with Gasteiger partial charge in [0.05, 0.1) is 18.8 Å². The van der Waals surface area contributed by atoms with E-state index in [0.29, 0.717) is 27.6 Å². The molecular formula is C24H25N3O3S. The van der Waals surface area contributed by atoms with Gasteiger partial charge in [-0.15, -0.1) is 11.3 Å². The van der Waals surface area contributed by atoms with Gasteiger partial charge in [-0.3, -0.25) is 4.79 Å². The van der Waals surface area contributed by atoms with Gasteiger partial charge in [-0.25, -0.2) is 0 Å². The Bertz CT molecular complexity index is 1090. The van der Waals surface area contributed by atoms with Crippen LogP contribution < -0.4 is 14.8 Å². The lowest BCUT2D eigenvalue weighted by Gasteiger charge is -2.15. The predicted octanol–water partition coefficient (Wildman–Crippen LogP) is 5.23. The van der Waals surface area contributed by atoms with E-state index in [-0.39, 0.29) is 11.7 Å². The Balaban J connectivity index is 1.84. The van der Waals surface area contributed by atoms with E-state index in [1.165, 1.54) is 17.4 Å². The van der Waals surface area contributed by atoms with Crippen LogP contribution in [0.25, 0.3) is 6.08 Å². The van der Waals surface area contributed by atoms with E-state index in [1.54, 1.807) is 25.3 Å². The summed E-state index contributed by atoms with van der Waals surface area (Å²) in [5, 5.41) is 22.4. The number of fused-ring (bicyclic) bond motifs is 1. The van der Waals surface area contributed by atoms with Crippen molar-refractivity contribution in [2.75, 3.05) is 12.4 Å². The summed E-state index contributed by atoms with van der Waals surface area (Å²) >= 11 is 1.44. The van der Waals surface area contributed by atoms with Gasteiger partial charge in [0.15, 0.2) is 11.5 Å². The van der Waals surface area contributed by atoms with Crippen LogP contribution in [0.3, 0.4) is 0 Å². The molecule has 0 radical (unpaired) electrons. The lowest BCUT2D eigenvalue weighted by Crippen LogP contribution is -2.13. The van der Waals surface area contributed by atoms with Crippen molar-refractivity contribution in [2.45, 2.75) is 52.1 Å². The lowest BCUT2D eigenvalue weighted by molar-refractivity contribution is -0.112. The second-order valence-corrected chi connectivity index (χ2v) is 8.50. The highest BCUT2D eigenvalue weighted by atomic mass is 32.1. The number of rotatable bonds is 7. The summed E-state index contributed by atoms with van der Waals surface area (Å²) in [6.07, 6.45) is 6.33. The SMILES string of the molecule is CC[C@H](C)Oc1ccc(/C=C(\C#N)C(=O)Nc2sc3c(c2C#N)CCCC3)cc1OC. The van der Waals surface area contributed by atoms with Crippen LogP contribution in [0.4, 0.5) is 5.00 Å². The van der Waals surface area contributed by atoms with E-state index in [9.17, 15) is 15.3 Å². The van der Waals surface area contributed by atoms with Crippen LogP contribution in [0.15, 0.2) is 23.8 Å². The molecule has 7 heteroatoms. The van der Waals surface area contributed by atoms with Crippen molar-refractivity contribution in [3.05, 3.63) is 45.3 Å². The Morgan fingerprint density at radius 3 is 2.74 bits per heavy atom. The summed E-state index contributed by atoms with van der Waals surface area (Å²) in [6.45, 7) is 4.01. The van der Waals surface area contributed by atoms with Crippen LogP contribution in [0.5, 0.6) is 11.5 Å². The Morgan fingerprint density at radius 1 is 1.29 bits per heavy atom. The minimum atomic E-state index is -0.531. The molecule has 31 heavy (non-hydrogen) atoms. The zero-order chi connectivity index (χ0) is 22.4. The standard InChI is InChI=1S/C24H25N3O3S/c1-4-15(2)30-20-10-9-16(12-21(20)29-3)11-17(13-25)23(28)27-24-19(14-26)18-7-5-6-8-22(18)31-24/h9-12,15H,4-8H2,1-3H3,(H,27,28)/b17-11+/t15-/m0/s1. The van der Waals surface area contributed by atoms with E-state index in [1.807, 2.05) is 19.9 Å². The monoisotopic (exact) mass is 435 g/mol. The quantitative estimate of drug-likeness (QED) is 0.475. The molecule has 6 nitrogen and oxygen atoms in total. The number of amides is 1. The Kier molecular flexibility index (Phi) is 7.33. The lowest BCUT2D eigenvalue weighted by atomic mass is 9.96. The molecule has 160 valence electrons. The molecule has 0 saturated carbocycles. The molecule has 1 amide bonds. The number of methoxy groups -OCH3 is 1. The molecule has 1 aliphatic rings. The third-order valence-corrected chi connectivity index (χ3v) is 6.48. The average molecular weight is 436 g/mol. The van der Waals surface area contributed by atoms with E-state index in [0.717, 1.165) is 42.5 Å². The zero-order valence-electron chi connectivity index (χ0n) is 17.9. The molecule has 1 aromatic heterocycles. The molecule has 0 aliphatic heterocycles. The van der Waals surface area contributed by atoms with Gasteiger partial charge >= 0.3 is 0 Å². The van der Waals surface area contributed by atoms with E-state index in [2.05, 4.69) is 11.4 Å². The van der Waals surface area contributed by atoms with Crippen LogP contribution in [0.1, 0.15) is 54.7 Å². The van der Waals surface area contributed by atoms with E-state index >= 15 is 0 Å². The van der Waals surface area contributed by atoms with E-state index in [4.69, 9.17) is 9.47 Å². The van der Waals surface area contributed by atoms with Crippen molar-refractivity contribution in [1.29, 1.82) is 10.5 Å². The number of thiophene rings is 1. The number of anilines is 1. The van der Waals surface area contributed by atoms with Gasteiger partial charge < -0.3 is 14.8 Å². The van der Waals surface area contributed by atoms with Gasteiger partial charge in [0.25, 0.3) is 5.91 Å². The molecule has 0 unspecified atom stereocenters. The molecular weight excluding hydrogens is 410 g/mol. The number of nitriles is 2. The Labute approximate surface area is 186 Å². The molecule has 1 aliphatic carbocycles. The highest BCUT2D eigenvalue weighted by Crippen LogP contribution is 2.38. The number of hydrogen-bond donors (Lipinski definition) is 1. The molecule has 1 aromatic carbocycles. The Morgan fingerprint density at radius 2 is 2.06 bits per heavy atom. The number of carbonyl (C=O) groups is 1. The van der Waals surface area contributed by atoms with Crippen molar-refractivity contribution in [3.8, 4) is 23.6 Å². The van der Waals surface area contributed by atoms with Crippen molar-refractivity contribution in [2.24, 2.45) is 0 Å². The molecule has 1 atom stereocenters. The summed E-state index contributed by atoms with van der Waals surface area (Å²) in [6, 6.07) is 9.45. The fraction of sp³-hybridized carbons (Fsp3) is 0.375. The molecule has 3 rings (SSSR count). The number of ether oxygens (including phenoxy) is 2. The fourth-order valence-corrected chi connectivity index (χ4v) is 4.66. The molecule has 0 fully saturated rings. The maximum Gasteiger partial charge on any atom is 0.266 e. The maximum absolute atomic E-state index is 12.8. The van der Waals surface area contributed by atoms with Crippen LogP contribution in [-0.2, 0) is 17.6 Å². The van der Waals surface area contributed by atoms with Gasteiger partial charge in [0.1, 0.15) is 22.7 Å². The van der Waals surface area contributed by atoms with Gasteiger partial charge in [-0.05, 0) is 68.4 Å². The summed E-state index contributed by atoms with van der Waals surface area (Å²) in [5.74, 6) is 0.612. The highest BCUT2D eigenvalue weighted by molar-refractivity contribution is 7.16. The predicted molar refractivity (Wildman–Crippen MR) is 121 cm³/mol. The molecule has 1 N–H and O–H groups in total. The third-order valence-electron chi connectivity index (χ3n) is 5.28. The van der Waals surface area contributed by atoms with Crippen LogP contribution >= 0.6 is 11.3 Å². The number of nitrogens with one attached hydrogen (secondary N) is 1. The first-order valence-electron chi connectivity index (χ1n) is 10.3. The second-order valence-electron chi connectivity index (χ2n) is 7.40. The highest BCUT2D eigenvalue weighted by Gasteiger charge is 2.22. The maximum atomic E-state index is 12.8. The average Bonchev–Trinajstić information content (AvgIpc) is 3.14. The Hall–Kier alpha value is -3.29. The molecule has 0 spiro atoms. The van der Waals surface area contributed by atoms with Crippen LogP contribution in [0, 0.1) is 22.7 Å². The van der Waals surface area contributed by atoms with Crippen molar-refractivity contribution in [1.82, 2.24) is 0 Å². The number of nitrogens with zero attached hydrogens (tertiary/aromatic N) is 2.